The molecule has 0 bridgehead atoms. The molecular formula is C7H9F3O6. The van der Waals surface area contributed by atoms with Crippen LogP contribution in [0.5, 0.6) is 0 Å². The molecule has 6 nitrogen and oxygen atoms in total. The molecule has 0 aromatic rings. The van der Waals surface area contributed by atoms with Crippen molar-refractivity contribution in [1.29, 1.82) is 0 Å². The maximum atomic E-state index is 11.9. The third-order valence-corrected chi connectivity index (χ3v) is 1.45. The molecule has 0 aliphatic carbocycles. The molecule has 0 heterocycles. The van der Waals surface area contributed by atoms with Gasteiger partial charge in [-0.05, 0) is 6.92 Å². The van der Waals surface area contributed by atoms with Crippen molar-refractivity contribution in [1.82, 2.24) is 0 Å². The summed E-state index contributed by atoms with van der Waals surface area (Å²) in [6.07, 6.45) is -5.50. The Balaban J connectivity index is 5.13. The van der Waals surface area contributed by atoms with E-state index in [9.17, 15) is 22.8 Å². The zero-order chi connectivity index (χ0) is 13.1. The number of hydrogen-bond donors (Lipinski definition) is 3. The molecule has 0 radical (unpaired) electrons. The van der Waals surface area contributed by atoms with Gasteiger partial charge in [-0.3, -0.25) is 9.59 Å². The van der Waals surface area contributed by atoms with Crippen LogP contribution in [-0.2, 0) is 14.3 Å². The fourth-order valence-electron chi connectivity index (χ4n) is 0.830. The van der Waals surface area contributed by atoms with Gasteiger partial charge in [0, 0.05) is 0 Å². The van der Waals surface area contributed by atoms with Crippen LogP contribution in [0.3, 0.4) is 0 Å². The molecule has 16 heavy (non-hydrogen) atoms. The number of halogens is 3. The molecule has 0 aliphatic heterocycles. The number of Topliss-reactive ketones (excluding diaryl/α,β-unsaturated/α-hetero) is 1. The van der Waals surface area contributed by atoms with Gasteiger partial charge in [0.05, 0.1) is 6.61 Å². The van der Waals surface area contributed by atoms with Crippen LogP contribution < -0.4 is 0 Å². The fourth-order valence-corrected chi connectivity index (χ4v) is 0.830. The Labute approximate surface area is 87.2 Å². The lowest BCUT2D eigenvalue weighted by Gasteiger charge is -2.23. The highest BCUT2D eigenvalue weighted by molar-refractivity contribution is 6.02. The van der Waals surface area contributed by atoms with E-state index in [0.29, 0.717) is 0 Å². The highest BCUT2D eigenvalue weighted by atomic mass is 19.4. The van der Waals surface area contributed by atoms with Gasteiger partial charge in [0.2, 0.25) is 5.92 Å². The maximum Gasteiger partial charge on any atom is 0.451 e. The first-order valence-electron chi connectivity index (χ1n) is 3.96. The number of alkyl halides is 3. The minimum absolute atomic E-state index is 0.392. The van der Waals surface area contributed by atoms with E-state index in [2.05, 4.69) is 4.74 Å². The average molecular weight is 246 g/mol. The Hall–Kier alpha value is -1.19. The van der Waals surface area contributed by atoms with Crippen molar-refractivity contribution in [2.24, 2.45) is 5.92 Å². The van der Waals surface area contributed by atoms with Crippen molar-refractivity contribution in [3.8, 4) is 0 Å². The molecule has 0 aliphatic rings. The molecule has 9 heteroatoms. The van der Waals surface area contributed by atoms with Crippen LogP contribution in [0.2, 0.25) is 0 Å². The molecule has 0 amide bonds. The fraction of sp³-hybridized carbons (Fsp3) is 0.714. The van der Waals surface area contributed by atoms with Gasteiger partial charge < -0.3 is 20.1 Å². The Kier molecular flexibility index (Phi) is 4.41. The second kappa shape index (κ2) is 4.76. The quantitative estimate of drug-likeness (QED) is 0.331. The largest absolute Gasteiger partial charge is 0.465 e. The van der Waals surface area contributed by atoms with Crippen LogP contribution in [0.15, 0.2) is 0 Å². The molecule has 0 spiro atoms. The van der Waals surface area contributed by atoms with Crippen LogP contribution in [0, 0.1) is 5.92 Å². The summed E-state index contributed by atoms with van der Waals surface area (Å²) in [5, 5.41) is 25.5. The average Bonchev–Trinajstić information content (AvgIpc) is 1.99. The summed E-state index contributed by atoms with van der Waals surface area (Å²) in [5.41, 5.74) is 0. The number of esters is 1. The third kappa shape index (κ3) is 3.76. The van der Waals surface area contributed by atoms with E-state index in [1.165, 1.54) is 6.92 Å². The van der Waals surface area contributed by atoms with Gasteiger partial charge in [0.15, 0.2) is 0 Å². The van der Waals surface area contributed by atoms with Crippen molar-refractivity contribution in [2.45, 2.75) is 19.1 Å². The van der Waals surface area contributed by atoms with Crippen molar-refractivity contribution < 1.29 is 42.8 Å². The summed E-state index contributed by atoms with van der Waals surface area (Å²) in [5.74, 6) is -12.0. The Morgan fingerprint density at radius 2 is 1.69 bits per heavy atom. The molecule has 0 aromatic carbocycles. The van der Waals surface area contributed by atoms with E-state index in [1.807, 2.05) is 0 Å². The first-order chi connectivity index (χ1) is 7.01. The zero-order valence-corrected chi connectivity index (χ0v) is 7.98. The summed E-state index contributed by atoms with van der Waals surface area (Å²) in [6, 6.07) is 0. The monoisotopic (exact) mass is 246 g/mol. The predicted molar refractivity (Wildman–Crippen MR) is 40.6 cm³/mol. The molecule has 0 rings (SSSR count). The van der Waals surface area contributed by atoms with Crippen LogP contribution >= 0.6 is 0 Å². The van der Waals surface area contributed by atoms with Gasteiger partial charge in [-0.15, -0.1) is 0 Å². The van der Waals surface area contributed by atoms with E-state index >= 15 is 0 Å². The zero-order valence-electron chi connectivity index (χ0n) is 7.98. The topological polar surface area (TPSA) is 104 Å². The van der Waals surface area contributed by atoms with Gasteiger partial charge in [-0.2, -0.15) is 13.2 Å². The Bertz CT molecular complexity index is 279. The SMILES string of the molecule is CCOC(=O)C(C(=O)C(F)(F)F)C(O)(O)O. The van der Waals surface area contributed by atoms with Gasteiger partial charge in [0.25, 0.3) is 11.8 Å². The van der Waals surface area contributed by atoms with E-state index < -0.39 is 36.4 Å². The number of ether oxygens (including phenoxy) is 1. The Morgan fingerprint density at radius 3 is 1.94 bits per heavy atom. The molecule has 3 N–H and O–H groups in total. The van der Waals surface area contributed by atoms with Crippen LogP contribution in [0.4, 0.5) is 13.2 Å². The first-order valence-corrected chi connectivity index (χ1v) is 3.96. The molecule has 1 atom stereocenters. The maximum absolute atomic E-state index is 11.9. The molecule has 0 aromatic heterocycles. The highest BCUT2D eigenvalue weighted by Gasteiger charge is 2.55. The number of rotatable bonds is 4. The van der Waals surface area contributed by atoms with E-state index in [-0.39, 0.29) is 0 Å². The van der Waals surface area contributed by atoms with Gasteiger partial charge in [-0.25, -0.2) is 0 Å². The standard InChI is InChI=1S/C7H9F3O6/c1-2-16-5(12)3(7(13,14)15)4(11)6(8,9)10/h3,13-15H,2H2,1H3. The summed E-state index contributed by atoms with van der Waals surface area (Å²) in [7, 11) is 0. The highest BCUT2D eigenvalue weighted by Crippen LogP contribution is 2.26. The van der Waals surface area contributed by atoms with Crippen LogP contribution in [0.1, 0.15) is 6.92 Å². The van der Waals surface area contributed by atoms with E-state index in [4.69, 9.17) is 15.3 Å². The lowest BCUT2D eigenvalue weighted by atomic mass is 10.0. The summed E-state index contributed by atoms with van der Waals surface area (Å²) < 4.78 is 39.8. The van der Waals surface area contributed by atoms with Crippen molar-refractivity contribution in [3.05, 3.63) is 0 Å². The van der Waals surface area contributed by atoms with Crippen molar-refractivity contribution in [3.63, 3.8) is 0 Å². The van der Waals surface area contributed by atoms with Gasteiger partial charge in [0.1, 0.15) is 0 Å². The number of hydrogen-bond acceptors (Lipinski definition) is 6. The third-order valence-electron chi connectivity index (χ3n) is 1.45. The predicted octanol–water partition coefficient (Wildman–Crippen LogP) is -1.07. The molecular weight excluding hydrogens is 237 g/mol. The summed E-state index contributed by atoms with van der Waals surface area (Å²) >= 11 is 0. The lowest BCUT2D eigenvalue weighted by molar-refractivity contribution is -0.334. The minimum Gasteiger partial charge on any atom is -0.465 e. The normalized spacial score (nSPS) is 14.4. The molecule has 0 saturated heterocycles. The van der Waals surface area contributed by atoms with Crippen LogP contribution in [-0.4, -0.2) is 45.8 Å². The van der Waals surface area contributed by atoms with Crippen molar-refractivity contribution in [2.75, 3.05) is 6.61 Å². The number of carbonyl (C=O) groups is 2. The number of carbonyl (C=O) groups excluding carboxylic acids is 2. The molecule has 94 valence electrons. The second-order valence-corrected chi connectivity index (χ2v) is 2.73. The molecule has 0 fully saturated rings. The minimum atomic E-state index is -5.50. The first kappa shape index (κ1) is 14.8. The molecule has 1 unspecified atom stereocenters. The smallest absolute Gasteiger partial charge is 0.451 e. The number of ketones is 1. The van der Waals surface area contributed by atoms with E-state index in [0.717, 1.165) is 0 Å². The molecule has 0 saturated carbocycles. The lowest BCUT2D eigenvalue weighted by Crippen LogP contribution is -2.51. The van der Waals surface area contributed by atoms with Crippen LogP contribution in [0.25, 0.3) is 0 Å². The van der Waals surface area contributed by atoms with Gasteiger partial charge >= 0.3 is 12.1 Å². The Morgan fingerprint density at radius 1 is 1.25 bits per heavy atom. The summed E-state index contributed by atoms with van der Waals surface area (Å²) in [6.45, 7) is 0.831. The van der Waals surface area contributed by atoms with Gasteiger partial charge in [-0.1, -0.05) is 0 Å². The number of aliphatic hydroxyl groups is 3. The summed E-state index contributed by atoms with van der Waals surface area (Å²) in [4.78, 5) is 21.5. The second-order valence-electron chi connectivity index (χ2n) is 2.73. The van der Waals surface area contributed by atoms with E-state index in [1.54, 1.807) is 0 Å². The van der Waals surface area contributed by atoms with Crippen molar-refractivity contribution >= 4 is 11.8 Å².